The van der Waals surface area contributed by atoms with Gasteiger partial charge in [-0.3, -0.25) is 0 Å². The fourth-order valence-corrected chi connectivity index (χ4v) is 1.47. The zero-order valence-corrected chi connectivity index (χ0v) is 12.4. The Labute approximate surface area is 129 Å². The Morgan fingerprint density at radius 2 is 1.43 bits per heavy atom. The first-order valence-corrected chi connectivity index (χ1v) is 5.87. The summed E-state index contributed by atoms with van der Waals surface area (Å²) in [4.78, 5) is 0. The van der Waals surface area contributed by atoms with Gasteiger partial charge in [-0.15, -0.1) is 0 Å². The van der Waals surface area contributed by atoms with Gasteiger partial charge in [0.25, 0.3) is 0 Å². The molecule has 2 nitrogen and oxygen atoms in total. The Morgan fingerprint density at radius 1 is 1.05 bits per heavy atom. The molecule has 0 saturated heterocycles. The van der Waals surface area contributed by atoms with E-state index < -0.39 is 17.4 Å². The van der Waals surface area contributed by atoms with Gasteiger partial charge >= 0.3 is 29.1 Å². The minimum atomic E-state index is -5.46. The summed E-state index contributed by atoms with van der Waals surface area (Å²) in [5.41, 5.74) is 3.12. The van der Waals surface area contributed by atoms with Crippen molar-refractivity contribution in [2.45, 2.75) is 45.7 Å². The molecule has 0 unspecified atom stereocenters. The summed E-state index contributed by atoms with van der Waals surface area (Å²) in [6.07, 6.45) is 4.29. The van der Waals surface area contributed by atoms with Gasteiger partial charge in [0.05, 0.1) is 0 Å². The third kappa shape index (κ3) is 10.4. The van der Waals surface area contributed by atoms with Crippen LogP contribution in [0.4, 0.5) is 26.6 Å². The molecule has 0 aliphatic heterocycles. The van der Waals surface area contributed by atoms with Crippen molar-refractivity contribution in [3.63, 3.8) is 0 Å². The molecule has 0 N–H and O–H groups in total. The maximum absolute atomic E-state index is 11.1. The largest absolute Gasteiger partial charge is 1.00 e. The van der Waals surface area contributed by atoms with Crippen molar-refractivity contribution in [1.82, 2.24) is 5.34 Å². The number of alkyl halides is 3. The zero-order valence-electron chi connectivity index (χ0n) is 11.4. The topological polar surface area (TPSA) is 15.6 Å². The molecule has 0 fully saturated rings. The van der Waals surface area contributed by atoms with E-state index in [1.54, 1.807) is 11.1 Å². The normalized spacial score (nSPS) is 16.3. The molecule has 0 radical (unpaired) electrons. The van der Waals surface area contributed by atoms with Crippen molar-refractivity contribution in [1.29, 1.82) is 0 Å². The molecule has 126 valence electrons. The number of allylic oxidation sites excluding steroid dienone is 4. The number of nitrogens with zero attached hydrogens (tertiary/aromatic N) is 2. The fraction of sp³-hybridized carbons (Fsp3) is 0.583. The average molecular weight is 366 g/mol. The van der Waals surface area contributed by atoms with Gasteiger partial charge < -0.3 is 0 Å². The first-order valence-electron chi connectivity index (χ1n) is 5.87. The summed E-state index contributed by atoms with van der Waals surface area (Å²) in [7, 11) is 0. The van der Waals surface area contributed by atoms with Gasteiger partial charge in [0, 0.05) is 0 Å². The molecule has 1 aliphatic rings. The third-order valence-electron chi connectivity index (χ3n) is 2.56. The van der Waals surface area contributed by atoms with Crippen molar-refractivity contribution >= 4 is 5.84 Å². The molecule has 1 aliphatic carbocycles. The van der Waals surface area contributed by atoms with Crippen LogP contribution in [-0.4, -0.2) is 17.4 Å². The quantitative estimate of drug-likeness (QED) is 0.141. The van der Waals surface area contributed by atoms with Crippen molar-refractivity contribution in [3.05, 3.63) is 23.3 Å². The van der Waals surface area contributed by atoms with Crippen LogP contribution >= 0.6 is 0 Å². The van der Waals surface area contributed by atoms with Crippen LogP contribution in [0.15, 0.2) is 28.5 Å². The second-order valence-corrected chi connectivity index (χ2v) is 4.32. The molecule has 0 aromatic heterocycles. The van der Waals surface area contributed by atoms with E-state index >= 15 is 0 Å². The molecule has 0 aromatic rings. The van der Waals surface area contributed by atoms with Crippen molar-refractivity contribution in [3.8, 4) is 0 Å². The standard InChI is InChI=1S/C10H16.C2F6N2.Cu/c1-9-5-3-7-10(2)8-4-6-9;3-2(4,5)1(9-6)10(7)8;/h5,8H,3-4,6-7H2,1-2H3;;/q;;+1. The van der Waals surface area contributed by atoms with E-state index in [1.165, 1.54) is 25.7 Å². The molecular formula is C12H16CuF6N2+. The number of hydrogen-bond donors (Lipinski definition) is 0. The first-order chi connectivity index (χ1) is 9.18. The van der Waals surface area contributed by atoms with Gasteiger partial charge in [-0.2, -0.15) is 13.2 Å². The number of halogens is 6. The SMILES string of the molecule is CC1=CCCC(C)=CCC1.FN=C(N(F)F)C(F)(F)F.[Cu+]. The fourth-order valence-electron chi connectivity index (χ4n) is 1.47. The van der Waals surface area contributed by atoms with Crippen LogP contribution < -0.4 is 0 Å². The van der Waals surface area contributed by atoms with Crippen LogP contribution in [0.1, 0.15) is 39.5 Å². The monoisotopic (exact) mass is 365 g/mol. The van der Waals surface area contributed by atoms with Gasteiger partial charge in [-0.05, 0) is 44.9 Å². The van der Waals surface area contributed by atoms with Crippen molar-refractivity contribution in [2.24, 2.45) is 5.21 Å². The molecule has 21 heavy (non-hydrogen) atoms. The summed E-state index contributed by atoms with van der Waals surface area (Å²) < 4.78 is 65.9. The molecule has 9 heteroatoms. The predicted octanol–water partition coefficient (Wildman–Crippen LogP) is 5.35. The number of hydrogen-bond acceptors (Lipinski definition) is 1. The summed E-state index contributed by atoms with van der Waals surface area (Å²) in [6, 6.07) is 0. The minimum Gasteiger partial charge on any atom is -0.163 e. The van der Waals surface area contributed by atoms with E-state index in [2.05, 4.69) is 26.0 Å². The molecule has 0 atom stereocenters. The van der Waals surface area contributed by atoms with E-state index in [-0.39, 0.29) is 17.1 Å². The van der Waals surface area contributed by atoms with Gasteiger partial charge in [-0.1, -0.05) is 42.0 Å². The first kappa shape index (κ1) is 22.3. The molecule has 0 amide bonds. The second-order valence-electron chi connectivity index (χ2n) is 4.32. The van der Waals surface area contributed by atoms with Gasteiger partial charge in [-0.25, -0.2) is 0 Å². The molecule has 0 aromatic carbocycles. The minimum absolute atomic E-state index is 0. The maximum Gasteiger partial charge on any atom is 1.00 e. The predicted molar refractivity (Wildman–Crippen MR) is 64.6 cm³/mol. The zero-order chi connectivity index (χ0) is 15.8. The number of rotatable bonds is 0. The van der Waals surface area contributed by atoms with Gasteiger partial charge in [0.15, 0.2) is 0 Å². The Kier molecular flexibility index (Phi) is 11.4. The smallest absolute Gasteiger partial charge is 0.163 e. The average Bonchev–Trinajstić information content (AvgIpc) is 2.25. The van der Waals surface area contributed by atoms with Gasteiger partial charge in [0.1, 0.15) is 0 Å². The van der Waals surface area contributed by atoms with Crippen molar-refractivity contribution in [2.75, 3.05) is 0 Å². The summed E-state index contributed by atoms with van der Waals surface area (Å²) in [5, 5.41) is -1.62. The van der Waals surface area contributed by atoms with E-state index in [0.717, 1.165) is 5.21 Å². The third-order valence-corrected chi connectivity index (χ3v) is 2.56. The van der Waals surface area contributed by atoms with E-state index in [4.69, 9.17) is 0 Å². The Hall–Kier alpha value is -0.951. The van der Waals surface area contributed by atoms with E-state index in [9.17, 15) is 26.6 Å². The number of amidine groups is 1. The maximum atomic E-state index is 11.1. The molecular weight excluding hydrogens is 350 g/mol. The Bertz CT molecular complexity index is 368. The molecule has 0 heterocycles. The second kappa shape index (κ2) is 10.7. The molecule has 0 spiro atoms. The van der Waals surface area contributed by atoms with Gasteiger partial charge in [0.2, 0.25) is 0 Å². The van der Waals surface area contributed by atoms with Crippen LogP contribution in [0.2, 0.25) is 0 Å². The van der Waals surface area contributed by atoms with Crippen molar-refractivity contribution < 1.29 is 43.7 Å². The molecule has 0 saturated carbocycles. The van der Waals surface area contributed by atoms with Crippen LogP contribution in [-0.2, 0) is 17.1 Å². The van der Waals surface area contributed by atoms with E-state index in [1.807, 2.05) is 0 Å². The summed E-state index contributed by atoms with van der Waals surface area (Å²) >= 11 is 0. The van der Waals surface area contributed by atoms with Crippen LogP contribution in [0, 0.1) is 0 Å². The molecule has 1 rings (SSSR count). The van der Waals surface area contributed by atoms with Crippen LogP contribution in [0.25, 0.3) is 0 Å². The van der Waals surface area contributed by atoms with Crippen LogP contribution in [0.5, 0.6) is 0 Å². The van der Waals surface area contributed by atoms with Crippen LogP contribution in [0.3, 0.4) is 0 Å². The molecule has 0 bridgehead atoms. The Morgan fingerprint density at radius 3 is 1.62 bits per heavy atom. The Balaban J connectivity index is 0. The summed E-state index contributed by atoms with van der Waals surface area (Å²) in [6.45, 7) is 4.46. The van der Waals surface area contributed by atoms with E-state index in [0.29, 0.717) is 0 Å². The summed E-state index contributed by atoms with van der Waals surface area (Å²) in [5.74, 6) is -2.87.